The first-order valence-corrected chi connectivity index (χ1v) is 7.93. The molecule has 9 heteroatoms. The Bertz CT molecular complexity index is 1170. The highest BCUT2D eigenvalue weighted by atomic mass is 19.2. The van der Waals surface area contributed by atoms with Gasteiger partial charge in [-0.25, -0.2) is 31.9 Å². The molecule has 0 atom stereocenters. The van der Waals surface area contributed by atoms with Crippen molar-refractivity contribution in [2.24, 2.45) is 0 Å². The van der Waals surface area contributed by atoms with Crippen molar-refractivity contribution in [2.45, 2.75) is 0 Å². The van der Waals surface area contributed by atoms with Crippen LogP contribution in [0.4, 0.5) is 33.5 Å². The van der Waals surface area contributed by atoms with Crippen LogP contribution >= 0.6 is 0 Å². The summed E-state index contributed by atoms with van der Waals surface area (Å²) in [5, 5.41) is 2.57. The van der Waals surface area contributed by atoms with E-state index in [0.717, 1.165) is 0 Å². The van der Waals surface area contributed by atoms with Crippen molar-refractivity contribution in [3.05, 3.63) is 77.9 Å². The second-order valence-corrected chi connectivity index (χ2v) is 5.72. The highest BCUT2D eigenvalue weighted by molar-refractivity contribution is 5.92. The Morgan fingerprint density at radius 2 is 1.39 bits per heavy atom. The Morgan fingerprint density at radius 3 is 2.07 bits per heavy atom. The Hall–Kier alpha value is -3.62. The molecule has 28 heavy (non-hydrogen) atoms. The maximum Gasteiger partial charge on any atom is 0.200 e. The molecule has 0 aliphatic rings. The summed E-state index contributed by atoms with van der Waals surface area (Å²) >= 11 is 0. The second kappa shape index (κ2) is 6.84. The van der Waals surface area contributed by atoms with Gasteiger partial charge in [-0.05, 0) is 24.3 Å². The first kappa shape index (κ1) is 17.8. The van der Waals surface area contributed by atoms with Gasteiger partial charge in [-0.15, -0.1) is 0 Å². The molecule has 4 nitrogen and oxygen atoms in total. The van der Waals surface area contributed by atoms with E-state index in [4.69, 9.17) is 0 Å². The van der Waals surface area contributed by atoms with Crippen molar-refractivity contribution in [1.29, 1.82) is 0 Å². The average Bonchev–Trinajstić information content (AvgIpc) is 2.74. The third-order valence-corrected chi connectivity index (χ3v) is 3.98. The smallest absolute Gasteiger partial charge is 0.200 e. The van der Waals surface area contributed by atoms with Crippen LogP contribution in [-0.4, -0.2) is 15.0 Å². The molecule has 0 saturated carbocycles. The molecule has 0 aliphatic heterocycles. The van der Waals surface area contributed by atoms with E-state index in [9.17, 15) is 22.0 Å². The fourth-order valence-corrected chi connectivity index (χ4v) is 2.63. The molecule has 2 aromatic carbocycles. The fourth-order valence-electron chi connectivity index (χ4n) is 2.63. The molecule has 2 aromatic heterocycles. The minimum Gasteiger partial charge on any atom is -0.335 e. The lowest BCUT2D eigenvalue weighted by atomic mass is 10.2. The van der Waals surface area contributed by atoms with Gasteiger partial charge in [0.05, 0.1) is 5.52 Å². The maximum absolute atomic E-state index is 14.1. The van der Waals surface area contributed by atoms with Gasteiger partial charge in [0.1, 0.15) is 11.5 Å². The number of anilines is 2. The van der Waals surface area contributed by atoms with E-state index in [-0.39, 0.29) is 11.6 Å². The molecule has 4 aromatic rings. The van der Waals surface area contributed by atoms with Gasteiger partial charge in [0.2, 0.25) is 5.82 Å². The summed E-state index contributed by atoms with van der Waals surface area (Å²) in [6, 6.07) is 9.80. The summed E-state index contributed by atoms with van der Waals surface area (Å²) in [6.45, 7) is 0. The number of para-hydroxylation sites is 1. The van der Waals surface area contributed by atoms with E-state index in [2.05, 4.69) is 20.3 Å². The summed E-state index contributed by atoms with van der Waals surface area (Å²) in [5.74, 6) is -10.3. The maximum atomic E-state index is 14.1. The van der Waals surface area contributed by atoms with Crippen LogP contribution in [0.3, 0.4) is 0 Å². The van der Waals surface area contributed by atoms with Gasteiger partial charge < -0.3 is 5.32 Å². The molecular weight excluding hydrogens is 379 g/mol. The van der Waals surface area contributed by atoms with Crippen molar-refractivity contribution in [3.63, 3.8) is 0 Å². The molecule has 0 radical (unpaired) electrons. The van der Waals surface area contributed by atoms with E-state index in [1.165, 1.54) is 6.20 Å². The van der Waals surface area contributed by atoms with Gasteiger partial charge in [0.15, 0.2) is 29.1 Å². The number of nitrogens with one attached hydrogen (secondary N) is 1. The van der Waals surface area contributed by atoms with E-state index in [1.54, 1.807) is 42.6 Å². The van der Waals surface area contributed by atoms with Crippen LogP contribution in [0.15, 0.2) is 48.8 Å². The number of hydrogen-bond acceptors (Lipinski definition) is 4. The van der Waals surface area contributed by atoms with Gasteiger partial charge in [-0.1, -0.05) is 12.1 Å². The molecule has 140 valence electrons. The average molecular weight is 388 g/mol. The zero-order valence-corrected chi connectivity index (χ0v) is 13.9. The SMILES string of the molecule is Fc1c(F)c(F)c(Nc2nc(-c3cccnc3)nc3ccccc23)c(F)c1F. The third-order valence-electron chi connectivity index (χ3n) is 3.98. The minimum absolute atomic E-state index is 0.118. The standard InChI is InChI=1S/C19H9F5N4/c20-12-13(21)15(23)17(16(24)14(12)22)27-19-10-5-1-2-6-11(10)26-18(28-19)9-4-3-7-25-8-9/h1-8H,(H,26,27,28). The summed E-state index contributed by atoms with van der Waals surface area (Å²) in [7, 11) is 0. The minimum atomic E-state index is -2.23. The Balaban J connectivity index is 1.93. The van der Waals surface area contributed by atoms with Crippen LogP contribution in [-0.2, 0) is 0 Å². The number of fused-ring (bicyclic) bond motifs is 1. The van der Waals surface area contributed by atoms with Crippen LogP contribution in [0.25, 0.3) is 22.3 Å². The highest BCUT2D eigenvalue weighted by Crippen LogP contribution is 2.32. The fraction of sp³-hybridized carbons (Fsp3) is 0. The lowest BCUT2D eigenvalue weighted by Crippen LogP contribution is -2.08. The van der Waals surface area contributed by atoms with Crippen LogP contribution in [0.2, 0.25) is 0 Å². The van der Waals surface area contributed by atoms with Gasteiger partial charge in [-0.2, -0.15) is 0 Å². The van der Waals surface area contributed by atoms with E-state index < -0.39 is 34.8 Å². The molecule has 0 saturated heterocycles. The second-order valence-electron chi connectivity index (χ2n) is 5.72. The first-order chi connectivity index (χ1) is 13.5. The van der Waals surface area contributed by atoms with E-state index in [0.29, 0.717) is 16.5 Å². The monoisotopic (exact) mass is 388 g/mol. The van der Waals surface area contributed by atoms with Crippen molar-refractivity contribution < 1.29 is 22.0 Å². The first-order valence-electron chi connectivity index (χ1n) is 7.93. The van der Waals surface area contributed by atoms with Crippen molar-refractivity contribution in [3.8, 4) is 11.4 Å². The largest absolute Gasteiger partial charge is 0.335 e. The topological polar surface area (TPSA) is 50.7 Å². The zero-order valence-electron chi connectivity index (χ0n) is 13.9. The van der Waals surface area contributed by atoms with Crippen LogP contribution < -0.4 is 5.32 Å². The van der Waals surface area contributed by atoms with E-state index in [1.807, 2.05) is 0 Å². The number of aromatic nitrogens is 3. The molecule has 0 bridgehead atoms. The van der Waals surface area contributed by atoms with Gasteiger partial charge in [0.25, 0.3) is 0 Å². The number of rotatable bonds is 3. The lowest BCUT2D eigenvalue weighted by Gasteiger charge is -2.13. The number of benzene rings is 2. The van der Waals surface area contributed by atoms with Gasteiger partial charge in [0, 0.05) is 23.3 Å². The molecule has 0 aliphatic carbocycles. The molecular formula is C19H9F5N4. The molecule has 4 rings (SSSR count). The van der Waals surface area contributed by atoms with E-state index >= 15 is 0 Å². The van der Waals surface area contributed by atoms with Crippen LogP contribution in [0.5, 0.6) is 0 Å². The zero-order chi connectivity index (χ0) is 19.8. The van der Waals surface area contributed by atoms with Crippen LogP contribution in [0.1, 0.15) is 0 Å². The van der Waals surface area contributed by atoms with Gasteiger partial charge >= 0.3 is 0 Å². The summed E-state index contributed by atoms with van der Waals surface area (Å²) in [5.41, 5.74) is -0.283. The Morgan fingerprint density at radius 1 is 0.714 bits per heavy atom. The molecule has 0 fully saturated rings. The number of pyridine rings is 1. The number of halogens is 5. The van der Waals surface area contributed by atoms with Crippen molar-refractivity contribution >= 4 is 22.4 Å². The quantitative estimate of drug-likeness (QED) is 0.300. The Labute approximate surface area is 154 Å². The van der Waals surface area contributed by atoms with Gasteiger partial charge in [-0.3, -0.25) is 4.98 Å². The normalized spacial score (nSPS) is 11.0. The van der Waals surface area contributed by atoms with Crippen molar-refractivity contribution in [1.82, 2.24) is 15.0 Å². The highest BCUT2D eigenvalue weighted by Gasteiger charge is 2.26. The van der Waals surface area contributed by atoms with Crippen LogP contribution in [0, 0.1) is 29.1 Å². The predicted octanol–water partition coefficient (Wildman–Crippen LogP) is 5.13. The molecule has 0 amide bonds. The molecule has 2 heterocycles. The third kappa shape index (κ3) is 2.90. The van der Waals surface area contributed by atoms with Crippen molar-refractivity contribution in [2.75, 3.05) is 5.32 Å². The lowest BCUT2D eigenvalue weighted by molar-refractivity contribution is 0.382. The Kier molecular flexibility index (Phi) is 4.34. The molecule has 0 spiro atoms. The summed E-state index contributed by atoms with van der Waals surface area (Å²) < 4.78 is 68.5. The predicted molar refractivity (Wildman–Crippen MR) is 92.3 cm³/mol. The summed E-state index contributed by atoms with van der Waals surface area (Å²) in [6.07, 6.45) is 3.02. The molecule has 1 N–H and O–H groups in total. The number of hydrogen-bond donors (Lipinski definition) is 1. The summed E-state index contributed by atoms with van der Waals surface area (Å²) in [4.78, 5) is 12.5. The molecule has 0 unspecified atom stereocenters. The number of nitrogens with zero attached hydrogens (tertiary/aromatic N) is 3.